The van der Waals surface area contributed by atoms with Gasteiger partial charge < -0.3 is 14.2 Å². The quantitative estimate of drug-likeness (QED) is 0.645. The molecule has 0 bridgehead atoms. The molecule has 0 fully saturated rings. The molecule has 0 N–H and O–H groups in total. The lowest BCUT2D eigenvalue weighted by Crippen LogP contribution is -2.39. The lowest BCUT2D eigenvalue weighted by Gasteiger charge is -2.33. The largest absolute Gasteiger partial charge is 0.454 e. The summed E-state index contributed by atoms with van der Waals surface area (Å²) in [5.41, 5.74) is 4.34. The molecule has 3 aromatic rings. The molecule has 2 aromatic carbocycles. The number of rotatable bonds is 2. The predicted molar refractivity (Wildman–Crippen MR) is 96.5 cm³/mol. The summed E-state index contributed by atoms with van der Waals surface area (Å²) in [6.07, 6.45) is 4.63. The maximum Gasteiger partial charge on any atom is 0.159 e. The molecule has 23 heavy (non-hydrogen) atoms. The van der Waals surface area contributed by atoms with Gasteiger partial charge in [0.15, 0.2) is 5.58 Å². The van der Waals surface area contributed by atoms with Gasteiger partial charge in [0.05, 0.1) is 5.69 Å². The Hall–Kier alpha value is -2.42. The zero-order valence-electron chi connectivity index (χ0n) is 14.1. The number of para-hydroxylation sites is 1. The first-order valence-corrected chi connectivity index (χ1v) is 8.23. The molecule has 0 amide bonds. The van der Waals surface area contributed by atoms with E-state index < -0.39 is 0 Å². The van der Waals surface area contributed by atoms with Gasteiger partial charge in [-0.3, -0.25) is 0 Å². The van der Waals surface area contributed by atoms with Crippen molar-refractivity contribution in [2.24, 2.45) is 0 Å². The highest BCUT2D eigenvalue weighted by molar-refractivity contribution is 6.09. The Morgan fingerprint density at radius 1 is 1.00 bits per heavy atom. The fourth-order valence-electron chi connectivity index (χ4n) is 3.60. The van der Waals surface area contributed by atoms with Crippen LogP contribution in [0.15, 0.2) is 53.2 Å². The Morgan fingerprint density at radius 2 is 1.78 bits per heavy atom. The van der Waals surface area contributed by atoms with Crippen molar-refractivity contribution >= 4 is 27.6 Å². The van der Waals surface area contributed by atoms with Gasteiger partial charge in [0.1, 0.15) is 11.7 Å². The fraction of sp³-hybridized carbons (Fsp3) is 0.300. The van der Waals surface area contributed by atoms with Gasteiger partial charge in [-0.2, -0.15) is 0 Å². The number of hydrogen-bond acceptors (Lipinski definition) is 3. The van der Waals surface area contributed by atoms with E-state index in [1.807, 2.05) is 12.1 Å². The zero-order chi connectivity index (χ0) is 16.1. The SMILES string of the molecule is Cc1ccc2c(oc3ccccc32)c1N1C=CN(C(C)C)[C@@H]1C. The third-order valence-electron chi connectivity index (χ3n) is 4.81. The molecule has 1 aliphatic rings. The number of fused-ring (bicyclic) bond motifs is 3. The number of nitrogens with zero attached hydrogens (tertiary/aromatic N) is 2. The summed E-state index contributed by atoms with van der Waals surface area (Å²) in [5, 5.41) is 2.37. The number of furan rings is 1. The summed E-state index contributed by atoms with van der Waals surface area (Å²) >= 11 is 0. The van der Waals surface area contributed by atoms with Crippen LogP contribution in [0.5, 0.6) is 0 Å². The summed E-state index contributed by atoms with van der Waals surface area (Å²) in [6.45, 7) is 8.83. The van der Waals surface area contributed by atoms with E-state index in [2.05, 4.69) is 74.2 Å². The monoisotopic (exact) mass is 306 g/mol. The molecule has 0 saturated carbocycles. The van der Waals surface area contributed by atoms with Crippen LogP contribution in [0.1, 0.15) is 26.3 Å². The van der Waals surface area contributed by atoms with Crippen molar-refractivity contribution in [2.45, 2.75) is 39.9 Å². The lowest BCUT2D eigenvalue weighted by molar-refractivity contribution is 0.263. The number of anilines is 1. The maximum atomic E-state index is 6.23. The molecule has 1 atom stereocenters. The van der Waals surface area contributed by atoms with Crippen molar-refractivity contribution in [3.63, 3.8) is 0 Å². The highest BCUT2D eigenvalue weighted by Crippen LogP contribution is 2.39. The molecule has 0 aliphatic carbocycles. The summed E-state index contributed by atoms with van der Waals surface area (Å²) in [4.78, 5) is 4.68. The van der Waals surface area contributed by atoms with Gasteiger partial charge >= 0.3 is 0 Å². The highest BCUT2D eigenvalue weighted by atomic mass is 16.3. The second-order valence-electron chi connectivity index (χ2n) is 6.58. The first-order chi connectivity index (χ1) is 11.1. The predicted octanol–water partition coefficient (Wildman–Crippen LogP) is 5.24. The van der Waals surface area contributed by atoms with E-state index in [4.69, 9.17) is 4.42 Å². The Bertz CT molecular complexity index is 907. The third kappa shape index (κ3) is 2.03. The molecule has 0 saturated heterocycles. The smallest absolute Gasteiger partial charge is 0.159 e. The summed E-state index contributed by atoms with van der Waals surface area (Å²) < 4.78 is 6.23. The van der Waals surface area contributed by atoms with Gasteiger partial charge in [-0.05, 0) is 39.3 Å². The van der Waals surface area contributed by atoms with E-state index in [-0.39, 0.29) is 6.17 Å². The first kappa shape index (κ1) is 14.2. The van der Waals surface area contributed by atoms with Crippen LogP contribution in [0, 0.1) is 6.92 Å². The molecule has 1 aliphatic heterocycles. The van der Waals surface area contributed by atoms with E-state index >= 15 is 0 Å². The van der Waals surface area contributed by atoms with Crippen LogP contribution in [0.3, 0.4) is 0 Å². The van der Waals surface area contributed by atoms with Crippen molar-refractivity contribution in [2.75, 3.05) is 4.90 Å². The Labute approximate surface area is 136 Å². The molecule has 1 aromatic heterocycles. The van der Waals surface area contributed by atoms with Gasteiger partial charge in [0.25, 0.3) is 0 Å². The fourth-order valence-corrected chi connectivity index (χ4v) is 3.60. The Kier molecular flexibility index (Phi) is 3.12. The van der Waals surface area contributed by atoms with Crippen LogP contribution in [0.2, 0.25) is 0 Å². The van der Waals surface area contributed by atoms with Crippen molar-refractivity contribution < 1.29 is 4.42 Å². The third-order valence-corrected chi connectivity index (χ3v) is 4.81. The first-order valence-electron chi connectivity index (χ1n) is 8.23. The molecule has 4 rings (SSSR count). The van der Waals surface area contributed by atoms with Crippen LogP contribution in [-0.4, -0.2) is 17.1 Å². The summed E-state index contributed by atoms with van der Waals surface area (Å²) in [5.74, 6) is 0. The average Bonchev–Trinajstić information content (AvgIpc) is 3.08. The van der Waals surface area contributed by atoms with E-state index in [9.17, 15) is 0 Å². The molecule has 118 valence electrons. The van der Waals surface area contributed by atoms with E-state index in [1.54, 1.807) is 0 Å². The van der Waals surface area contributed by atoms with Crippen LogP contribution < -0.4 is 4.90 Å². The van der Waals surface area contributed by atoms with Crippen LogP contribution in [0.25, 0.3) is 21.9 Å². The summed E-state index contributed by atoms with van der Waals surface area (Å²) in [7, 11) is 0. The molecule has 3 nitrogen and oxygen atoms in total. The summed E-state index contributed by atoms with van der Waals surface area (Å²) in [6, 6.07) is 13.1. The standard InChI is InChI=1S/C20H22N2O/c1-13(2)21-11-12-22(15(21)4)19-14(3)9-10-17-16-7-5-6-8-18(16)23-20(17)19/h5-13,15H,1-4H3/t15-/m0/s1. The Balaban J connectivity index is 1.93. The highest BCUT2D eigenvalue weighted by Gasteiger charge is 2.28. The molecular formula is C20H22N2O. The van der Waals surface area contributed by atoms with E-state index in [1.165, 1.54) is 22.0 Å². The van der Waals surface area contributed by atoms with Gasteiger partial charge in [0, 0.05) is 29.2 Å². The minimum absolute atomic E-state index is 0.285. The number of aryl methyl sites for hydroxylation is 1. The van der Waals surface area contributed by atoms with Crippen molar-refractivity contribution in [1.29, 1.82) is 0 Å². The average molecular weight is 306 g/mol. The van der Waals surface area contributed by atoms with Gasteiger partial charge in [-0.15, -0.1) is 0 Å². The lowest BCUT2D eigenvalue weighted by atomic mass is 10.1. The van der Waals surface area contributed by atoms with Crippen LogP contribution in [-0.2, 0) is 0 Å². The number of benzene rings is 2. The second-order valence-corrected chi connectivity index (χ2v) is 6.58. The normalized spacial score (nSPS) is 18.0. The van der Waals surface area contributed by atoms with Crippen LogP contribution in [0.4, 0.5) is 5.69 Å². The molecule has 2 heterocycles. The van der Waals surface area contributed by atoms with Gasteiger partial charge in [-0.25, -0.2) is 0 Å². The molecular weight excluding hydrogens is 284 g/mol. The number of hydrogen-bond donors (Lipinski definition) is 0. The minimum atomic E-state index is 0.285. The second kappa shape index (κ2) is 5.05. The topological polar surface area (TPSA) is 19.6 Å². The van der Waals surface area contributed by atoms with E-state index in [0.29, 0.717) is 6.04 Å². The Morgan fingerprint density at radius 3 is 2.52 bits per heavy atom. The maximum absolute atomic E-state index is 6.23. The van der Waals surface area contributed by atoms with Crippen molar-refractivity contribution in [3.05, 3.63) is 54.4 Å². The van der Waals surface area contributed by atoms with Crippen LogP contribution >= 0.6 is 0 Å². The molecule has 0 radical (unpaired) electrons. The molecule has 3 heteroatoms. The molecule has 0 unspecified atom stereocenters. The van der Waals surface area contributed by atoms with Crippen molar-refractivity contribution in [3.8, 4) is 0 Å². The zero-order valence-corrected chi connectivity index (χ0v) is 14.1. The van der Waals surface area contributed by atoms with Gasteiger partial charge in [-0.1, -0.05) is 30.3 Å². The van der Waals surface area contributed by atoms with E-state index in [0.717, 1.165) is 11.2 Å². The van der Waals surface area contributed by atoms with Gasteiger partial charge in [0.2, 0.25) is 0 Å². The molecule has 0 spiro atoms. The minimum Gasteiger partial charge on any atom is -0.454 e. The van der Waals surface area contributed by atoms with Crippen molar-refractivity contribution in [1.82, 2.24) is 4.90 Å².